The van der Waals surface area contributed by atoms with Crippen LogP contribution in [-0.2, 0) is 17.9 Å². The molecule has 0 unspecified atom stereocenters. The number of carbonyl (C=O) groups excluding carboxylic acids is 1. The van der Waals surface area contributed by atoms with Crippen molar-refractivity contribution in [2.45, 2.75) is 13.2 Å². The first-order chi connectivity index (χ1) is 8.34. The molecule has 1 heterocycles. The molecule has 0 saturated heterocycles. The van der Waals surface area contributed by atoms with Crippen LogP contribution in [0, 0.1) is 0 Å². The minimum Gasteiger partial charge on any atom is -0.445 e. The van der Waals surface area contributed by atoms with Crippen LogP contribution in [0.1, 0.15) is 11.3 Å². The Kier molecular flexibility index (Phi) is 3.75. The highest BCUT2D eigenvalue weighted by molar-refractivity contribution is 5.67. The average molecular weight is 231 g/mol. The largest absolute Gasteiger partial charge is 0.445 e. The van der Waals surface area contributed by atoms with Crippen LogP contribution in [0.5, 0.6) is 0 Å². The van der Waals surface area contributed by atoms with Gasteiger partial charge in [-0.15, -0.1) is 0 Å². The Labute approximate surface area is 98.8 Å². The third-order valence-electron chi connectivity index (χ3n) is 2.19. The highest BCUT2D eigenvalue weighted by Crippen LogP contribution is 2.00. The lowest BCUT2D eigenvalue weighted by atomic mass is 10.2. The fourth-order valence-electron chi connectivity index (χ4n) is 1.32. The van der Waals surface area contributed by atoms with Crippen molar-refractivity contribution in [2.24, 2.45) is 0 Å². The third kappa shape index (κ3) is 3.64. The highest BCUT2D eigenvalue weighted by Gasteiger charge is 2.02. The van der Waals surface area contributed by atoms with E-state index in [9.17, 15) is 4.79 Å². The summed E-state index contributed by atoms with van der Waals surface area (Å²) in [5, 5.41) is 2.62. The van der Waals surface area contributed by atoms with E-state index in [1.807, 2.05) is 30.3 Å². The number of nitrogens with zero attached hydrogens (tertiary/aromatic N) is 1. The maximum atomic E-state index is 11.3. The van der Waals surface area contributed by atoms with Crippen LogP contribution in [0.4, 0.5) is 4.79 Å². The van der Waals surface area contributed by atoms with Gasteiger partial charge in [0, 0.05) is 6.20 Å². The van der Waals surface area contributed by atoms with Gasteiger partial charge in [-0.05, 0) is 5.56 Å². The lowest BCUT2D eigenvalue weighted by Crippen LogP contribution is -2.23. The first kappa shape index (κ1) is 11.2. The van der Waals surface area contributed by atoms with Gasteiger partial charge in [-0.2, -0.15) is 0 Å². The number of alkyl carbamates (subject to hydrolysis) is 1. The molecule has 0 atom stereocenters. The molecule has 5 heteroatoms. The van der Waals surface area contributed by atoms with E-state index in [1.165, 1.54) is 0 Å². The van der Waals surface area contributed by atoms with Gasteiger partial charge in [0.15, 0.2) is 0 Å². The summed E-state index contributed by atoms with van der Waals surface area (Å²) in [7, 11) is 0. The molecule has 0 aliphatic rings. The number of H-pyrrole nitrogens is 1. The number of aromatic nitrogens is 2. The molecule has 1 aromatic heterocycles. The molecule has 0 saturated carbocycles. The summed E-state index contributed by atoms with van der Waals surface area (Å²) < 4.78 is 5.04. The Balaban J connectivity index is 1.71. The third-order valence-corrected chi connectivity index (χ3v) is 2.19. The molecular formula is C12H13N3O2. The van der Waals surface area contributed by atoms with E-state index in [4.69, 9.17) is 4.74 Å². The molecule has 88 valence electrons. The Morgan fingerprint density at radius 3 is 2.88 bits per heavy atom. The smallest absolute Gasteiger partial charge is 0.407 e. The standard InChI is InChI=1S/C12H13N3O2/c16-12(14-7-11-6-13-9-15-11)17-8-10-4-2-1-3-5-10/h1-6,9H,7-8H2,(H,13,15)(H,14,16). The molecular weight excluding hydrogens is 218 g/mol. The number of carbonyl (C=O) groups is 1. The van der Waals surface area contributed by atoms with E-state index in [-0.39, 0.29) is 6.61 Å². The van der Waals surface area contributed by atoms with Gasteiger partial charge in [0.05, 0.1) is 18.6 Å². The molecule has 2 N–H and O–H groups in total. The van der Waals surface area contributed by atoms with Gasteiger partial charge in [0.2, 0.25) is 0 Å². The van der Waals surface area contributed by atoms with Gasteiger partial charge in [-0.3, -0.25) is 0 Å². The molecule has 0 spiro atoms. The summed E-state index contributed by atoms with van der Waals surface area (Å²) in [6, 6.07) is 9.54. The van der Waals surface area contributed by atoms with Crippen molar-refractivity contribution in [3.63, 3.8) is 0 Å². The van der Waals surface area contributed by atoms with E-state index < -0.39 is 6.09 Å². The number of ether oxygens (including phenoxy) is 1. The SMILES string of the molecule is O=C(NCc1cnc[nH]1)OCc1ccccc1. The molecule has 5 nitrogen and oxygen atoms in total. The molecule has 2 rings (SSSR count). The summed E-state index contributed by atoms with van der Waals surface area (Å²) in [6.07, 6.45) is 2.77. The first-order valence-corrected chi connectivity index (χ1v) is 5.26. The van der Waals surface area contributed by atoms with Crippen LogP contribution in [-0.4, -0.2) is 16.1 Å². The molecule has 17 heavy (non-hydrogen) atoms. The number of hydrogen-bond acceptors (Lipinski definition) is 3. The zero-order valence-electron chi connectivity index (χ0n) is 9.22. The summed E-state index contributed by atoms with van der Waals surface area (Å²) in [5.41, 5.74) is 1.80. The van der Waals surface area contributed by atoms with Gasteiger partial charge in [-0.25, -0.2) is 9.78 Å². The van der Waals surface area contributed by atoms with Crippen molar-refractivity contribution in [3.05, 3.63) is 54.1 Å². The van der Waals surface area contributed by atoms with Gasteiger partial charge in [-0.1, -0.05) is 30.3 Å². The lowest BCUT2D eigenvalue weighted by molar-refractivity contribution is 0.139. The van der Waals surface area contributed by atoms with E-state index in [1.54, 1.807) is 12.5 Å². The molecule has 2 aromatic rings. The summed E-state index contributed by atoms with van der Waals surface area (Å²) in [6.45, 7) is 0.656. The van der Waals surface area contributed by atoms with E-state index in [0.717, 1.165) is 11.3 Å². The Bertz CT molecular complexity index is 454. The monoisotopic (exact) mass is 231 g/mol. The van der Waals surface area contributed by atoms with E-state index in [0.29, 0.717) is 6.54 Å². The Hall–Kier alpha value is -2.30. The second kappa shape index (κ2) is 5.69. The van der Waals surface area contributed by atoms with Gasteiger partial charge in [0.1, 0.15) is 6.61 Å². The number of imidazole rings is 1. The minimum absolute atomic E-state index is 0.273. The van der Waals surface area contributed by atoms with Crippen molar-refractivity contribution in [2.75, 3.05) is 0 Å². The predicted molar refractivity (Wildman–Crippen MR) is 62.1 cm³/mol. The number of aromatic amines is 1. The van der Waals surface area contributed by atoms with Crippen LogP contribution in [0.15, 0.2) is 42.9 Å². The molecule has 0 aliphatic carbocycles. The van der Waals surface area contributed by atoms with Crippen LogP contribution in [0.2, 0.25) is 0 Å². The maximum absolute atomic E-state index is 11.3. The number of amides is 1. The second-order valence-corrected chi connectivity index (χ2v) is 3.49. The van der Waals surface area contributed by atoms with Gasteiger partial charge >= 0.3 is 6.09 Å². The lowest BCUT2D eigenvalue weighted by Gasteiger charge is -2.05. The van der Waals surface area contributed by atoms with Crippen molar-refractivity contribution >= 4 is 6.09 Å². The van der Waals surface area contributed by atoms with Crippen LogP contribution < -0.4 is 5.32 Å². The fourth-order valence-corrected chi connectivity index (χ4v) is 1.32. The fraction of sp³-hybridized carbons (Fsp3) is 0.167. The molecule has 0 fully saturated rings. The summed E-state index contributed by atoms with van der Waals surface area (Å²) in [5.74, 6) is 0. The van der Waals surface area contributed by atoms with Crippen LogP contribution in [0.3, 0.4) is 0 Å². The molecule has 1 aromatic carbocycles. The van der Waals surface area contributed by atoms with Crippen molar-refractivity contribution in [1.29, 1.82) is 0 Å². The average Bonchev–Trinajstić information content (AvgIpc) is 2.88. The van der Waals surface area contributed by atoms with Crippen LogP contribution >= 0.6 is 0 Å². The van der Waals surface area contributed by atoms with E-state index >= 15 is 0 Å². The zero-order chi connectivity index (χ0) is 11.9. The predicted octanol–water partition coefficient (Wildman–Crippen LogP) is 1.84. The summed E-state index contributed by atoms with van der Waals surface area (Å²) in [4.78, 5) is 18.1. The zero-order valence-corrected chi connectivity index (χ0v) is 9.22. The highest BCUT2D eigenvalue weighted by atomic mass is 16.5. The molecule has 1 amide bonds. The Morgan fingerprint density at radius 2 is 2.18 bits per heavy atom. The minimum atomic E-state index is -0.441. The van der Waals surface area contributed by atoms with E-state index in [2.05, 4.69) is 15.3 Å². The van der Waals surface area contributed by atoms with Crippen molar-refractivity contribution in [1.82, 2.24) is 15.3 Å². The number of hydrogen-bond donors (Lipinski definition) is 2. The molecule has 0 bridgehead atoms. The normalized spacial score (nSPS) is 9.88. The first-order valence-electron chi connectivity index (χ1n) is 5.26. The number of nitrogens with one attached hydrogen (secondary N) is 2. The van der Waals surface area contributed by atoms with Gasteiger partial charge in [0.25, 0.3) is 0 Å². The topological polar surface area (TPSA) is 67.0 Å². The second-order valence-electron chi connectivity index (χ2n) is 3.49. The Morgan fingerprint density at radius 1 is 1.35 bits per heavy atom. The van der Waals surface area contributed by atoms with Crippen LogP contribution in [0.25, 0.3) is 0 Å². The van der Waals surface area contributed by atoms with Crippen molar-refractivity contribution < 1.29 is 9.53 Å². The number of benzene rings is 1. The number of rotatable bonds is 4. The molecule has 0 aliphatic heterocycles. The quantitative estimate of drug-likeness (QED) is 0.843. The van der Waals surface area contributed by atoms with Crippen molar-refractivity contribution in [3.8, 4) is 0 Å². The molecule has 0 radical (unpaired) electrons. The maximum Gasteiger partial charge on any atom is 0.407 e. The summed E-state index contributed by atoms with van der Waals surface area (Å²) >= 11 is 0. The van der Waals surface area contributed by atoms with Gasteiger partial charge < -0.3 is 15.0 Å².